The number of imide groups is 1. The van der Waals surface area contributed by atoms with E-state index in [4.69, 9.17) is 20.8 Å². The van der Waals surface area contributed by atoms with E-state index >= 15 is 0 Å². The highest BCUT2D eigenvalue weighted by Crippen LogP contribution is 2.57. The first-order chi connectivity index (χ1) is 15.4. The van der Waals surface area contributed by atoms with Crippen LogP contribution in [0.5, 0.6) is 0 Å². The molecule has 3 saturated heterocycles. The molecular weight excluding hydrogens is 438 g/mol. The molecule has 0 unspecified atom stereocenters. The fraction of sp³-hybridized carbons (Fsp3) is 0.364. The lowest BCUT2D eigenvalue weighted by atomic mass is 9.76. The molecule has 3 fully saturated rings. The van der Waals surface area contributed by atoms with Crippen molar-refractivity contribution >= 4 is 41.0 Å². The molecule has 3 amide bonds. The van der Waals surface area contributed by atoms with Crippen molar-refractivity contribution in [2.45, 2.75) is 18.0 Å². The number of rotatable bonds is 4. The van der Waals surface area contributed by atoms with Crippen LogP contribution in [-0.2, 0) is 23.9 Å². The number of carbonyl (C=O) groups is 4. The van der Waals surface area contributed by atoms with Crippen molar-refractivity contribution in [1.82, 2.24) is 10.2 Å². The summed E-state index contributed by atoms with van der Waals surface area (Å²) in [6.07, 6.45) is 1.12. The van der Waals surface area contributed by atoms with Gasteiger partial charge in [0, 0.05) is 18.1 Å². The molecule has 1 aromatic heterocycles. The highest BCUT2D eigenvalue weighted by atomic mass is 35.5. The molecule has 10 heteroatoms. The van der Waals surface area contributed by atoms with Gasteiger partial charge in [-0.15, -0.1) is 0 Å². The van der Waals surface area contributed by atoms with E-state index in [2.05, 4.69) is 5.32 Å². The fourth-order valence-corrected chi connectivity index (χ4v) is 5.53. The molecule has 3 aliphatic heterocycles. The number of hydrogen-bond donors (Lipinski definition) is 1. The van der Waals surface area contributed by atoms with E-state index in [1.54, 1.807) is 41.3 Å². The lowest BCUT2D eigenvalue weighted by Gasteiger charge is -2.44. The Hall–Kier alpha value is -3.17. The van der Waals surface area contributed by atoms with Gasteiger partial charge in [0.2, 0.25) is 17.7 Å². The van der Waals surface area contributed by atoms with Crippen LogP contribution >= 0.6 is 11.6 Å². The summed E-state index contributed by atoms with van der Waals surface area (Å²) in [4.78, 5) is 56.1. The second-order valence-electron chi connectivity index (χ2n) is 8.08. The molecule has 2 aromatic rings. The number of methoxy groups -OCH3 is 1. The van der Waals surface area contributed by atoms with Crippen molar-refractivity contribution in [3.8, 4) is 0 Å². The van der Waals surface area contributed by atoms with E-state index < -0.39 is 47.1 Å². The van der Waals surface area contributed by atoms with Crippen molar-refractivity contribution in [2.24, 2.45) is 11.8 Å². The average Bonchev–Trinajstić information content (AvgIpc) is 3.46. The van der Waals surface area contributed by atoms with Crippen LogP contribution in [0.15, 0.2) is 47.1 Å². The molecule has 166 valence electrons. The number of amides is 3. The van der Waals surface area contributed by atoms with Crippen LogP contribution < -0.4 is 10.2 Å². The predicted molar refractivity (Wildman–Crippen MR) is 111 cm³/mol. The number of esters is 1. The molecule has 0 aliphatic carbocycles. The van der Waals surface area contributed by atoms with Gasteiger partial charge in [-0.3, -0.25) is 24.1 Å². The Labute approximate surface area is 188 Å². The van der Waals surface area contributed by atoms with Crippen molar-refractivity contribution in [3.05, 3.63) is 53.4 Å². The molecule has 0 bridgehead atoms. The number of halogens is 1. The van der Waals surface area contributed by atoms with Gasteiger partial charge in [-0.1, -0.05) is 11.6 Å². The van der Waals surface area contributed by atoms with E-state index in [0.29, 0.717) is 29.6 Å². The number of hydrogen-bond acceptors (Lipinski definition) is 7. The first-order valence-corrected chi connectivity index (χ1v) is 10.6. The number of nitrogens with one attached hydrogen (secondary N) is 1. The summed E-state index contributed by atoms with van der Waals surface area (Å²) in [6.45, 7) is 0.671. The summed E-state index contributed by atoms with van der Waals surface area (Å²) in [5.74, 6) is -3.63. The predicted octanol–water partition coefficient (Wildman–Crippen LogP) is 1.53. The van der Waals surface area contributed by atoms with E-state index in [0.717, 1.165) is 4.90 Å². The molecule has 0 spiro atoms. The molecule has 4 heterocycles. The van der Waals surface area contributed by atoms with E-state index in [1.165, 1.54) is 13.4 Å². The van der Waals surface area contributed by atoms with Crippen LogP contribution in [0.3, 0.4) is 0 Å². The number of ether oxygens (including phenoxy) is 1. The minimum Gasteiger partial charge on any atom is -0.469 e. The molecule has 5 rings (SSSR count). The summed E-state index contributed by atoms with van der Waals surface area (Å²) in [5.41, 5.74) is -1.21. The number of piperazine rings is 1. The molecule has 1 N–H and O–H groups in total. The molecule has 9 nitrogen and oxygen atoms in total. The third kappa shape index (κ3) is 2.74. The first-order valence-electron chi connectivity index (χ1n) is 10.2. The second-order valence-corrected chi connectivity index (χ2v) is 8.51. The smallest absolute Gasteiger partial charge is 0.307 e. The summed E-state index contributed by atoms with van der Waals surface area (Å²) in [5, 5.41) is 3.24. The Balaban J connectivity index is 1.69. The highest BCUT2D eigenvalue weighted by Gasteiger charge is 2.73. The van der Waals surface area contributed by atoms with Crippen LogP contribution in [0.4, 0.5) is 5.69 Å². The Morgan fingerprint density at radius 2 is 1.97 bits per heavy atom. The van der Waals surface area contributed by atoms with Crippen LogP contribution in [0.25, 0.3) is 0 Å². The number of nitrogens with zero attached hydrogens (tertiary/aromatic N) is 2. The maximum atomic E-state index is 13.8. The Kier molecular flexibility index (Phi) is 4.83. The van der Waals surface area contributed by atoms with Gasteiger partial charge in [-0.25, -0.2) is 4.90 Å². The van der Waals surface area contributed by atoms with Gasteiger partial charge in [-0.05, 0) is 36.4 Å². The number of anilines is 1. The minimum atomic E-state index is -1.57. The standard InChI is InChI=1S/C22H20ClN3O6/c1-31-15(27)11-22-17-16(19(28)26(20(17)29)13-6-4-12(23)5-7-13)18(14-3-2-10-32-14)25(22)9-8-24-21(22)30/h2-7,10,16-18H,8-9,11H2,1H3,(H,24,30)/t16-,17-,18+,22-/m0/s1. The van der Waals surface area contributed by atoms with Gasteiger partial charge in [0.25, 0.3) is 0 Å². The normalized spacial score (nSPS) is 29.6. The zero-order valence-electron chi connectivity index (χ0n) is 17.1. The van der Waals surface area contributed by atoms with Gasteiger partial charge in [-0.2, -0.15) is 0 Å². The Morgan fingerprint density at radius 1 is 1.22 bits per heavy atom. The maximum absolute atomic E-state index is 13.8. The average molecular weight is 458 g/mol. The molecule has 0 radical (unpaired) electrons. The van der Waals surface area contributed by atoms with Crippen LogP contribution in [0.2, 0.25) is 5.02 Å². The largest absolute Gasteiger partial charge is 0.469 e. The summed E-state index contributed by atoms with van der Waals surface area (Å²) in [7, 11) is 1.22. The van der Waals surface area contributed by atoms with Crippen LogP contribution in [-0.4, -0.2) is 54.3 Å². The second kappa shape index (κ2) is 7.46. The Morgan fingerprint density at radius 3 is 2.62 bits per heavy atom. The first kappa shape index (κ1) is 20.7. The van der Waals surface area contributed by atoms with Crippen molar-refractivity contribution in [1.29, 1.82) is 0 Å². The molecular formula is C22H20ClN3O6. The van der Waals surface area contributed by atoms with Gasteiger partial charge in [0.15, 0.2) is 0 Å². The lowest BCUT2D eigenvalue weighted by Crippen LogP contribution is -2.67. The number of carbonyl (C=O) groups excluding carboxylic acids is 4. The molecule has 3 aliphatic rings. The number of benzene rings is 1. The van der Waals surface area contributed by atoms with Crippen molar-refractivity contribution in [3.63, 3.8) is 0 Å². The number of fused-ring (bicyclic) bond motifs is 3. The zero-order chi connectivity index (χ0) is 22.6. The molecule has 0 saturated carbocycles. The van der Waals surface area contributed by atoms with Crippen LogP contribution in [0.1, 0.15) is 18.2 Å². The molecule has 32 heavy (non-hydrogen) atoms. The monoisotopic (exact) mass is 457 g/mol. The zero-order valence-corrected chi connectivity index (χ0v) is 17.9. The maximum Gasteiger partial charge on any atom is 0.307 e. The summed E-state index contributed by atoms with van der Waals surface area (Å²) in [6, 6.07) is 9.04. The third-order valence-electron chi connectivity index (χ3n) is 6.65. The third-order valence-corrected chi connectivity index (χ3v) is 6.90. The van der Waals surface area contributed by atoms with Crippen molar-refractivity contribution < 1.29 is 28.3 Å². The fourth-order valence-electron chi connectivity index (χ4n) is 5.40. The topological polar surface area (TPSA) is 109 Å². The molecule has 4 atom stereocenters. The van der Waals surface area contributed by atoms with Crippen LogP contribution in [0, 0.1) is 11.8 Å². The Bertz CT molecular complexity index is 1100. The SMILES string of the molecule is COC(=O)C[C@]12C(=O)NCCN1[C@H](c1ccco1)[C@H]1C(=O)N(c3ccc(Cl)cc3)C(=O)[C@H]12. The lowest BCUT2D eigenvalue weighted by molar-refractivity contribution is -0.154. The van der Waals surface area contributed by atoms with Crippen molar-refractivity contribution in [2.75, 3.05) is 25.1 Å². The summed E-state index contributed by atoms with van der Waals surface area (Å²) < 4.78 is 10.5. The van der Waals surface area contributed by atoms with E-state index in [1.807, 2.05) is 0 Å². The van der Waals surface area contributed by atoms with E-state index in [9.17, 15) is 19.2 Å². The van der Waals surface area contributed by atoms with Gasteiger partial charge < -0.3 is 14.5 Å². The number of furan rings is 1. The van der Waals surface area contributed by atoms with Gasteiger partial charge in [0.1, 0.15) is 11.3 Å². The quantitative estimate of drug-likeness (QED) is 0.547. The van der Waals surface area contributed by atoms with Gasteiger partial charge in [0.05, 0.1) is 43.4 Å². The minimum absolute atomic E-state index is 0.321. The van der Waals surface area contributed by atoms with E-state index in [-0.39, 0.29) is 6.42 Å². The molecule has 1 aromatic carbocycles. The highest BCUT2D eigenvalue weighted by molar-refractivity contribution is 6.31. The van der Waals surface area contributed by atoms with Gasteiger partial charge >= 0.3 is 5.97 Å². The summed E-state index contributed by atoms with van der Waals surface area (Å²) >= 11 is 5.97.